The summed E-state index contributed by atoms with van der Waals surface area (Å²) in [7, 11) is 0. The van der Waals surface area contributed by atoms with Gasteiger partial charge in [0.1, 0.15) is 0 Å². The zero-order chi connectivity index (χ0) is 14.7. The standard InChI is InChI=1S/C15H19BrN2O2/c1-3-12(16)15(20)17-11-6-7-13(10(2)9-11)18-8-4-5-14(18)19/h6-7,9,12H,3-5,8H2,1-2H3,(H,17,20). The van der Waals surface area contributed by atoms with Crippen molar-refractivity contribution in [1.29, 1.82) is 0 Å². The maximum Gasteiger partial charge on any atom is 0.238 e. The smallest absolute Gasteiger partial charge is 0.238 e. The van der Waals surface area contributed by atoms with Crippen LogP contribution in [0.2, 0.25) is 0 Å². The molecule has 20 heavy (non-hydrogen) atoms. The molecular formula is C15H19BrN2O2. The number of carbonyl (C=O) groups is 2. The molecule has 1 saturated heterocycles. The fourth-order valence-corrected chi connectivity index (χ4v) is 2.46. The lowest BCUT2D eigenvalue weighted by Gasteiger charge is -2.19. The van der Waals surface area contributed by atoms with Crippen LogP contribution in [0, 0.1) is 6.92 Å². The molecule has 1 fully saturated rings. The summed E-state index contributed by atoms with van der Waals surface area (Å²) in [5.41, 5.74) is 2.71. The van der Waals surface area contributed by atoms with Gasteiger partial charge in [0.05, 0.1) is 4.83 Å². The van der Waals surface area contributed by atoms with Gasteiger partial charge in [-0.2, -0.15) is 0 Å². The number of anilines is 2. The molecule has 1 heterocycles. The molecule has 1 aliphatic rings. The Labute approximate surface area is 127 Å². The lowest BCUT2D eigenvalue weighted by Crippen LogP contribution is -2.25. The van der Waals surface area contributed by atoms with Gasteiger partial charge in [0, 0.05) is 24.3 Å². The molecule has 0 aromatic heterocycles. The van der Waals surface area contributed by atoms with Crippen molar-refractivity contribution in [2.75, 3.05) is 16.8 Å². The van der Waals surface area contributed by atoms with E-state index in [2.05, 4.69) is 21.2 Å². The maximum atomic E-state index is 11.8. The number of nitrogens with zero attached hydrogens (tertiary/aromatic N) is 1. The number of hydrogen-bond donors (Lipinski definition) is 1. The molecule has 0 bridgehead atoms. The highest BCUT2D eigenvalue weighted by Crippen LogP contribution is 2.27. The molecule has 0 saturated carbocycles. The molecule has 1 N–H and O–H groups in total. The minimum atomic E-state index is -0.178. The van der Waals surface area contributed by atoms with Crippen LogP contribution in [0.4, 0.5) is 11.4 Å². The Morgan fingerprint density at radius 2 is 2.25 bits per heavy atom. The van der Waals surface area contributed by atoms with Gasteiger partial charge < -0.3 is 10.2 Å². The van der Waals surface area contributed by atoms with Crippen LogP contribution >= 0.6 is 15.9 Å². The highest BCUT2D eigenvalue weighted by atomic mass is 79.9. The Bertz CT molecular complexity index is 531. The van der Waals surface area contributed by atoms with E-state index in [1.54, 1.807) is 0 Å². The minimum absolute atomic E-state index is 0.0445. The largest absolute Gasteiger partial charge is 0.325 e. The number of amides is 2. The van der Waals surface area contributed by atoms with Crippen LogP contribution in [0.15, 0.2) is 18.2 Å². The van der Waals surface area contributed by atoms with Crippen molar-refractivity contribution < 1.29 is 9.59 Å². The number of benzene rings is 1. The van der Waals surface area contributed by atoms with Gasteiger partial charge in [0.15, 0.2) is 0 Å². The third kappa shape index (κ3) is 3.20. The second-order valence-corrected chi connectivity index (χ2v) is 6.12. The number of halogens is 1. The van der Waals surface area contributed by atoms with Gasteiger partial charge in [-0.25, -0.2) is 0 Å². The van der Waals surface area contributed by atoms with Gasteiger partial charge in [0.25, 0.3) is 0 Å². The highest BCUT2D eigenvalue weighted by molar-refractivity contribution is 9.10. The third-order valence-electron chi connectivity index (χ3n) is 3.47. The number of carbonyl (C=O) groups excluding carboxylic acids is 2. The normalized spacial score (nSPS) is 16.4. The van der Waals surface area contributed by atoms with E-state index in [4.69, 9.17) is 0 Å². The number of hydrogen-bond acceptors (Lipinski definition) is 2. The molecule has 1 unspecified atom stereocenters. The Balaban J connectivity index is 2.13. The van der Waals surface area contributed by atoms with Gasteiger partial charge >= 0.3 is 0 Å². The van der Waals surface area contributed by atoms with Crippen molar-refractivity contribution in [1.82, 2.24) is 0 Å². The van der Waals surface area contributed by atoms with Crippen LogP contribution in [-0.2, 0) is 9.59 Å². The topological polar surface area (TPSA) is 49.4 Å². The Morgan fingerprint density at radius 3 is 2.80 bits per heavy atom. The molecule has 2 amide bonds. The molecule has 0 spiro atoms. The van der Waals surface area contributed by atoms with E-state index in [-0.39, 0.29) is 16.6 Å². The summed E-state index contributed by atoms with van der Waals surface area (Å²) in [5, 5.41) is 2.87. The molecule has 1 atom stereocenters. The number of rotatable bonds is 4. The Kier molecular flexibility index (Phi) is 4.81. The van der Waals surface area contributed by atoms with Crippen molar-refractivity contribution in [2.24, 2.45) is 0 Å². The lowest BCUT2D eigenvalue weighted by molar-refractivity contribution is -0.117. The second-order valence-electron chi connectivity index (χ2n) is 5.02. The number of aryl methyl sites for hydroxylation is 1. The predicted octanol–water partition coefficient (Wildman–Crippen LogP) is 3.23. The fourth-order valence-electron chi connectivity index (χ4n) is 2.34. The first-order chi connectivity index (χ1) is 9.52. The van der Waals surface area contributed by atoms with Gasteiger partial charge in [-0.3, -0.25) is 9.59 Å². The molecule has 1 aromatic carbocycles. The zero-order valence-corrected chi connectivity index (χ0v) is 13.4. The van der Waals surface area contributed by atoms with Crippen molar-refractivity contribution >= 4 is 39.1 Å². The van der Waals surface area contributed by atoms with Crippen molar-refractivity contribution in [2.45, 2.75) is 37.9 Å². The summed E-state index contributed by atoms with van der Waals surface area (Å²) < 4.78 is 0. The molecule has 4 nitrogen and oxygen atoms in total. The molecule has 108 valence electrons. The maximum absolute atomic E-state index is 11.8. The zero-order valence-electron chi connectivity index (χ0n) is 11.8. The Morgan fingerprint density at radius 1 is 1.50 bits per heavy atom. The van der Waals surface area contributed by atoms with Crippen LogP contribution in [0.3, 0.4) is 0 Å². The monoisotopic (exact) mass is 338 g/mol. The first kappa shape index (κ1) is 15.0. The van der Waals surface area contributed by atoms with E-state index in [1.165, 1.54) is 0 Å². The van der Waals surface area contributed by atoms with Crippen molar-refractivity contribution in [3.05, 3.63) is 23.8 Å². The summed E-state index contributed by atoms with van der Waals surface area (Å²) >= 11 is 3.33. The van der Waals surface area contributed by atoms with E-state index in [9.17, 15) is 9.59 Å². The quantitative estimate of drug-likeness (QED) is 0.857. The summed E-state index contributed by atoms with van der Waals surface area (Å²) in [6, 6.07) is 5.67. The van der Waals surface area contributed by atoms with E-state index < -0.39 is 0 Å². The summed E-state index contributed by atoms with van der Waals surface area (Å²) in [6.45, 7) is 4.69. The molecule has 2 rings (SSSR count). The van der Waals surface area contributed by atoms with E-state index in [0.29, 0.717) is 6.42 Å². The first-order valence-electron chi connectivity index (χ1n) is 6.89. The van der Waals surface area contributed by atoms with E-state index in [0.717, 1.165) is 36.3 Å². The third-order valence-corrected chi connectivity index (χ3v) is 4.53. The number of nitrogens with one attached hydrogen (secondary N) is 1. The van der Waals surface area contributed by atoms with Gasteiger partial charge in [-0.15, -0.1) is 0 Å². The average molecular weight is 339 g/mol. The highest BCUT2D eigenvalue weighted by Gasteiger charge is 2.23. The van der Waals surface area contributed by atoms with Crippen LogP contribution in [-0.4, -0.2) is 23.2 Å². The van der Waals surface area contributed by atoms with Gasteiger partial charge in [0.2, 0.25) is 11.8 Å². The minimum Gasteiger partial charge on any atom is -0.325 e. The van der Waals surface area contributed by atoms with Crippen LogP contribution in [0.5, 0.6) is 0 Å². The summed E-state index contributed by atoms with van der Waals surface area (Å²) in [6.07, 6.45) is 2.28. The first-order valence-corrected chi connectivity index (χ1v) is 7.80. The lowest BCUT2D eigenvalue weighted by atomic mass is 10.1. The van der Waals surface area contributed by atoms with Gasteiger partial charge in [-0.1, -0.05) is 22.9 Å². The van der Waals surface area contributed by atoms with Crippen LogP contribution in [0.25, 0.3) is 0 Å². The van der Waals surface area contributed by atoms with E-state index in [1.807, 2.05) is 36.9 Å². The van der Waals surface area contributed by atoms with Crippen LogP contribution < -0.4 is 10.2 Å². The molecule has 0 aliphatic carbocycles. The van der Waals surface area contributed by atoms with Crippen molar-refractivity contribution in [3.8, 4) is 0 Å². The predicted molar refractivity (Wildman–Crippen MR) is 84.4 cm³/mol. The Hall–Kier alpha value is -1.36. The molecule has 5 heteroatoms. The van der Waals surface area contributed by atoms with Crippen molar-refractivity contribution in [3.63, 3.8) is 0 Å². The molecule has 1 aromatic rings. The second kappa shape index (κ2) is 6.39. The van der Waals surface area contributed by atoms with Crippen LogP contribution in [0.1, 0.15) is 31.7 Å². The average Bonchev–Trinajstić information content (AvgIpc) is 2.84. The molecular weight excluding hydrogens is 320 g/mol. The summed E-state index contributed by atoms with van der Waals surface area (Å²) in [5.74, 6) is 0.133. The molecule has 1 aliphatic heterocycles. The number of alkyl halides is 1. The molecule has 0 radical (unpaired) electrons. The van der Waals surface area contributed by atoms with E-state index >= 15 is 0 Å². The van der Waals surface area contributed by atoms with Gasteiger partial charge in [-0.05, 0) is 43.5 Å². The SMILES string of the molecule is CCC(Br)C(=O)Nc1ccc(N2CCCC2=O)c(C)c1. The fraction of sp³-hybridized carbons (Fsp3) is 0.467. The summed E-state index contributed by atoms with van der Waals surface area (Å²) in [4.78, 5) is 25.2.